The number of ether oxygens (including phenoxy) is 1. The molecule has 0 aliphatic carbocycles. The second-order valence-electron chi connectivity index (χ2n) is 1.83. The van der Waals surface area contributed by atoms with E-state index < -0.39 is 21.5 Å². The maximum atomic E-state index is 12.6. The van der Waals surface area contributed by atoms with Crippen LogP contribution in [-0.2, 0) is 14.3 Å². The van der Waals surface area contributed by atoms with Crippen molar-refractivity contribution in [3.63, 3.8) is 0 Å². The molecule has 1 atom stereocenters. The van der Waals surface area contributed by atoms with Gasteiger partial charge in [-0.25, -0.2) is 14.0 Å². The van der Waals surface area contributed by atoms with Crippen LogP contribution in [0.5, 0.6) is 0 Å². The third-order valence-corrected chi connectivity index (χ3v) is 2.21. The van der Waals surface area contributed by atoms with E-state index in [9.17, 15) is 22.8 Å². The number of hydrogen-bond acceptors (Lipinski definition) is 3. The molecule has 3 nitrogen and oxygen atoms in total. The number of halogens is 4. The molecule has 0 bridgehead atoms. The molecule has 0 saturated carbocycles. The minimum absolute atomic E-state index is 0.538. The van der Waals surface area contributed by atoms with Gasteiger partial charge in [0.15, 0.2) is 0 Å². The van der Waals surface area contributed by atoms with E-state index in [-0.39, 0.29) is 0 Å². The van der Waals surface area contributed by atoms with E-state index in [4.69, 9.17) is 0 Å². The molecule has 1 saturated heterocycles. The highest BCUT2D eigenvalue weighted by molar-refractivity contribution is 14.1. The summed E-state index contributed by atoms with van der Waals surface area (Å²) in [5.74, 6) is -8.36. The Morgan fingerprint density at radius 1 is 1.18 bits per heavy atom. The van der Waals surface area contributed by atoms with Crippen molar-refractivity contribution in [2.45, 2.75) is 9.60 Å². The van der Waals surface area contributed by atoms with E-state index >= 15 is 0 Å². The number of hydrogen-bond donors (Lipinski definition) is 0. The van der Waals surface area contributed by atoms with Crippen LogP contribution in [0.15, 0.2) is 0 Å². The molecule has 1 aliphatic rings. The van der Waals surface area contributed by atoms with Crippen LogP contribution in [-0.4, -0.2) is 21.5 Å². The summed E-state index contributed by atoms with van der Waals surface area (Å²) in [4.78, 5) is 20.3. The Balaban J connectivity index is 3.15. The van der Waals surface area contributed by atoms with Gasteiger partial charge in [0.1, 0.15) is 0 Å². The van der Waals surface area contributed by atoms with Crippen molar-refractivity contribution >= 4 is 34.5 Å². The van der Waals surface area contributed by atoms with E-state index in [1.807, 2.05) is 0 Å². The molecule has 0 aromatic heterocycles. The van der Waals surface area contributed by atoms with E-state index in [1.165, 1.54) is 0 Å². The van der Waals surface area contributed by atoms with Crippen molar-refractivity contribution in [2.75, 3.05) is 0 Å². The summed E-state index contributed by atoms with van der Waals surface area (Å²) in [6.45, 7) is 0. The first-order valence-electron chi connectivity index (χ1n) is 2.32. The second kappa shape index (κ2) is 2.08. The molecule has 62 valence electrons. The largest absolute Gasteiger partial charge is 0.396 e. The Labute approximate surface area is 72.0 Å². The summed E-state index contributed by atoms with van der Waals surface area (Å²) in [5, 5.41) is 0. The molecule has 0 N–H and O–H groups in total. The zero-order chi connectivity index (χ0) is 8.86. The van der Waals surface area contributed by atoms with Crippen LogP contribution in [0.2, 0.25) is 0 Å². The van der Waals surface area contributed by atoms with Crippen molar-refractivity contribution < 1.29 is 27.5 Å². The molecule has 7 heteroatoms. The lowest BCUT2D eigenvalue weighted by molar-refractivity contribution is -0.162. The lowest BCUT2D eigenvalue weighted by Crippen LogP contribution is -2.41. The highest BCUT2D eigenvalue weighted by atomic mass is 127. The zero-order valence-electron chi connectivity index (χ0n) is 4.74. The van der Waals surface area contributed by atoms with Crippen molar-refractivity contribution in [3.05, 3.63) is 0 Å². The van der Waals surface area contributed by atoms with Gasteiger partial charge in [0, 0.05) is 0 Å². The fourth-order valence-corrected chi connectivity index (χ4v) is 0.799. The normalized spacial score (nSPS) is 35.6. The van der Waals surface area contributed by atoms with Crippen LogP contribution in [0.4, 0.5) is 13.2 Å². The molecule has 1 fully saturated rings. The van der Waals surface area contributed by atoms with Crippen LogP contribution in [0.25, 0.3) is 0 Å². The molecule has 1 aliphatic heterocycles. The Morgan fingerprint density at radius 2 is 1.64 bits per heavy atom. The average Bonchev–Trinajstić information content (AvgIpc) is 1.95. The fourth-order valence-electron chi connectivity index (χ4n) is 0.469. The molecule has 0 aromatic carbocycles. The number of rotatable bonds is 0. The van der Waals surface area contributed by atoms with Crippen LogP contribution in [0.3, 0.4) is 0 Å². The first kappa shape index (κ1) is 8.75. The van der Waals surface area contributed by atoms with Crippen LogP contribution < -0.4 is 0 Å². The summed E-state index contributed by atoms with van der Waals surface area (Å²) in [6, 6.07) is 0. The number of cyclic esters (lactones) is 2. The van der Waals surface area contributed by atoms with E-state index in [0.29, 0.717) is 22.6 Å². The van der Waals surface area contributed by atoms with Crippen molar-refractivity contribution in [3.8, 4) is 0 Å². The van der Waals surface area contributed by atoms with E-state index in [2.05, 4.69) is 4.74 Å². The Hall–Kier alpha value is -0.340. The number of esters is 2. The molecule has 1 heterocycles. The summed E-state index contributed by atoms with van der Waals surface area (Å²) in [7, 11) is 0. The standard InChI is InChI=1S/C4F3IO3/c5-3(6)1(9)11-2(10)4(3,7)8. The van der Waals surface area contributed by atoms with Gasteiger partial charge in [-0.05, 0) is 22.6 Å². The minimum atomic E-state index is -4.37. The van der Waals surface area contributed by atoms with Gasteiger partial charge < -0.3 is 4.74 Å². The highest BCUT2D eigenvalue weighted by Crippen LogP contribution is 2.45. The minimum Gasteiger partial charge on any atom is -0.385 e. The number of alkyl halides is 4. The first-order valence-corrected chi connectivity index (χ1v) is 3.40. The van der Waals surface area contributed by atoms with Crippen molar-refractivity contribution in [2.24, 2.45) is 0 Å². The quantitative estimate of drug-likeness (QED) is 0.285. The van der Waals surface area contributed by atoms with Crippen LogP contribution in [0.1, 0.15) is 0 Å². The SMILES string of the molecule is O=C1OC(=O)C(F)(I)C1(F)F. The fraction of sp³-hybridized carbons (Fsp3) is 0.500. The van der Waals surface area contributed by atoms with Crippen molar-refractivity contribution in [1.29, 1.82) is 0 Å². The maximum Gasteiger partial charge on any atom is 0.396 e. The highest BCUT2D eigenvalue weighted by Gasteiger charge is 2.72. The lowest BCUT2D eigenvalue weighted by atomic mass is 10.2. The van der Waals surface area contributed by atoms with Gasteiger partial charge in [0.25, 0.3) is 0 Å². The predicted octanol–water partition coefficient (Wildman–Crippen LogP) is 0.806. The van der Waals surface area contributed by atoms with Crippen LogP contribution in [0, 0.1) is 0 Å². The van der Waals surface area contributed by atoms with Gasteiger partial charge in [-0.3, -0.25) is 0 Å². The summed E-state index contributed by atoms with van der Waals surface area (Å²) in [6.07, 6.45) is 0. The Morgan fingerprint density at radius 3 is 1.73 bits per heavy atom. The second-order valence-corrected chi connectivity index (χ2v) is 3.31. The third-order valence-electron chi connectivity index (χ3n) is 1.09. The monoisotopic (exact) mass is 280 g/mol. The molecule has 1 rings (SSSR count). The molecule has 0 spiro atoms. The molecule has 0 amide bonds. The molecular weight excluding hydrogens is 280 g/mol. The summed E-state index contributed by atoms with van der Waals surface area (Å²) >= 11 is 0.538. The van der Waals surface area contributed by atoms with Gasteiger partial charge in [0.2, 0.25) is 0 Å². The lowest BCUT2D eigenvalue weighted by Gasteiger charge is -2.11. The third kappa shape index (κ3) is 0.932. The molecule has 0 aromatic rings. The smallest absolute Gasteiger partial charge is 0.385 e. The Bertz CT molecular complexity index is 213. The van der Waals surface area contributed by atoms with E-state index in [1.54, 1.807) is 0 Å². The van der Waals surface area contributed by atoms with Crippen molar-refractivity contribution in [1.82, 2.24) is 0 Å². The van der Waals surface area contributed by atoms with Gasteiger partial charge in [0.05, 0.1) is 0 Å². The number of carbonyl (C=O) groups is 2. The van der Waals surface area contributed by atoms with Gasteiger partial charge in [-0.1, -0.05) is 0 Å². The maximum absolute atomic E-state index is 12.6. The summed E-state index contributed by atoms with van der Waals surface area (Å²) < 4.78 is 37.0. The molecular formula is C4F3IO3. The zero-order valence-corrected chi connectivity index (χ0v) is 6.89. The topological polar surface area (TPSA) is 43.4 Å². The molecule has 0 radical (unpaired) electrons. The first-order chi connectivity index (χ1) is 4.80. The van der Waals surface area contributed by atoms with E-state index in [0.717, 1.165) is 0 Å². The summed E-state index contributed by atoms with van der Waals surface area (Å²) in [5.41, 5.74) is 0. The Kier molecular flexibility index (Phi) is 1.66. The predicted molar refractivity (Wildman–Crippen MR) is 33.9 cm³/mol. The number of carbonyl (C=O) groups excluding carboxylic acids is 2. The van der Waals surface area contributed by atoms with Gasteiger partial charge in [-0.15, -0.1) is 0 Å². The van der Waals surface area contributed by atoms with Gasteiger partial charge in [-0.2, -0.15) is 8.78 Å². The molecule has 1 unspecified atom stereocenters. The molecule has 11 heavy (non-hydrogen) atoms. The van der Waals surface area contributed by atoms with Crippen LogP contribution >= 0.6 is 22.6 Å². The van der Waals surface area contributed by atoms with Gasteiger partial charge >= 0.3 is 21.5 Å². The average molecular weight is 280 g/mol.